The Morgan fingerprint density at radius 2 is 1.25 bits per heavy atom. The van der Waals surface area contributed by atoms with Gasteiger partial charge in [0.1, 0.15) is 0 Å². The van der Waals surface area contributed by atoms with E-state index in [2.05, 4.69) is 24.5 Å². The van der Waals surface area contributed by atoms with Crippen molar-refractivity contribution >= 4 is 0 Å². The van der Waals surface area contributed by atoms with Crippen LogP contribution in [-0.4, -0.2) is 30.7 Å². The number of nitrogens with one attached hydrogen (secondary N) is 2. The molecule has 100 valence electrons. The summed E-state index contributed by atoms with van der Waals surface area (Å²) in [7, 11) is 0. The topological polar surface area (TPSA) is 87.1 Å². The first-order valence-electron chi connectivity index (χ1n) is 6.20. The van der Waals surface area contributed by atoms with E-state index in [1.165, 1.54) is 45.2 Å². The minimum atomic E-state index is 0. The summed E-state index contributed by atoms with van der Waals surface area (Å²) in [5.41, 5.74) is 0. The fourth-order valence-corrected chi connectivity index (χ4v) is 2.10. The van der Waals surface area contributed by atoms with Crippen LogP contribution < -0.4 is 10.6 Å². The fourth-order valence-electron chi connectivity index (χ4n) is 2.10. The van der Waals surface area contributed by atoms with Crippen LogP contribution in [0.15, 0.2) is 0 Å². The first-order valence-corrected chi connectivity index (χ1v) is 6.20. The van der Waals surface area contributed by atoms with Crippen LogP contribution in [0.1, 0.15) is 46.0 Å². The molecule has 16 heavy (non-hydrogen) atoms. The van der Waals surface area contributed by atoms with E-state index in [-0.39, 0.29) is 11.0 Å². The summed E-state index contributed by atoms with van der Waals surface area (Å²) in [5.74, 6) is 1.85. The van der Waals surface area contributed by atoms with Crippen molar-refractivity contribution < 1.29 is 11.0 Å². The third-order valence-corrected chi connectivity index (χ3v) is 3.13. The highest BCUT2D eigenvalue weighted by Gasteiger charge is 2.06. The molecule has 1 aliphatic carbocycles. The van der Waals surface area contributed by atoms with Crippen LogP contribution >= 0.6 is 0 Å². The molecule has 0 unspecified atom stereocenters. The molecule has 2 rings (SSSR count). The average molecular weight is 234 g/mol. The monoisotopic (exact) mass is 234 g/mol. The summed E-state index contributed by atoms with van der Waals surface area (Å²) in [6, 6.07) is 0. The molecule has 1 saturated carbocycles. The number of hydrogen-bond donors (Lipinski definition) is 2. The Morgan fingerprint density at radius 1 is 0.750 bits per heavy atom. The molecule has 0 atom stereocenters. The zero-order valence-electron chi connectivity index (χ0n) is 10.8. The summed E-state index contributed by atoms with van der Waals surface area (Å²) in [6.45, 7) is 7.93. The Kier molecular flexibility index (Phi) is 12.9. The van der Waals surface area contributed by atoms with Crippen molar-refractivity contribution in [3.63, 3.8) is 0 Å². The van der Waals surface area contributed by atoms with Crippen LogP contribution in [0.4, 0.5) is 0 Å². The van der Waals surface area contributed by atoms with Crippen LogP contribution in [-0.2, 0) is 0 Å². The van der Waals surface area contributed by atoms with Crippen molar-refractivity contribution in [3.05, 3.63) is 0 Å². The second kappa shape index (κ2) is 11.3. The van der Waals surface area contributed by atoms with Gasteiger partial charge in [0.2, 0.25) is 0 Å². The number of hydrogen-bond acceptors (Lipinski definition) is 2. The maximum Gasteiger partial charge on any atom is 0.0454 e. The van der Waals surface area contributed by atoms with Gasteiger partial charge in [0.25, 0.3) is 0 Å². The van der Waals surface area contributed by atoms with Crippen LogP contribution in [0.3, 0.4) is 0 Å². The first kappa shape index (κ1) is 18.2. The highest BCUT2D eigenvalue weighted by atomic mass is 16.0. The van der Waals surface area contributed by atoms with Gasteiger partial charge in [-0.15, -0.1) is 0 Å². The molecule has 0 aromatic carbocycles. The van der Waals surface area contributed by atoms with Gasteiger partial charge in [-0.25, -0.2) is 0 Å². The van der Waals surface area contributed by atoms with E-state index in [0.29, 0.717) is 0 Å². The molecule has 2 fully saturated rings. The Balaban J connectivity index is 0. The zero-order valence-corrected chi connectivity index (χ0v) is 10.8. The third kappa shape index (κ3) is 9.09. The molecular weight excluding hydrogens is 204 g/mol. The van der Waals surface area contributed by atoms with Gasteiger partial charge >= 0.3 is 0 Å². The van der Waals surface area contributed by atoms with E-state index >= 15 is 0 Å². The smallest absolute Gasteiger partial charge is 0.0454 e. The fraction of sp³-hybridized carbons (Fsp3) is 1.00. The molecule has 0 spiro atoms. The molecule has 4 heteroatoms. The molecule has 0 bridgehead atoms. The summed E-state index contributed by atoms with van der Waals surface area (Å²) >= 11 is 0. The second-order valence-electron chi connectivity index (χ2n) is 4.93. The van der Waals surface area contributed by atoms with Gasteiger partial charge in [-0.3, -0.25) is 0 Å². The summed E-state index contributed by atoms with van der Waals surface area (Å²) < 4.78 is 0. The van der Waals surface area contributed by atoms with Crippen LogP contribution in [0.5, 0.6) is 0 Å². The highest BCUT2D eigenvalue weighted by Crippen LogP contribution is 2.22. The van der Waals surface area contributed by atoms with Crippen LogP contribution in [0.2, 0.25) is 0 Å². The Labute approximate surface area is 99.8 Å². The van der Waals surface area contributed by atoms with E-state index in [1.54, 1.807) is 0 Å². The van der Waals surface area contributed by atoms with E-state index in [4.69, 9.17) is 0 Å². The first-order chi connectivity index (χ1) is 6.79. The molecule has 6 N–H and O–H groups in total. The molecule has 0 radical (unpaired) electrons. The van der Waals surface area contributed by atoms with Gasteiger partial charge in [0.15, 0.2) is 0 Å². The van der Waals surface area contributed by atoms with Crippen molar-refractivity contribution in [3.8, 4) is 0 Å². The molecule has 0 aromatic heterocycles. The van der Waals surface area contributed by atoms with Gasteiger partial charge in [0.05, 0.1) is 0 Å². The lowest BCUT2D eigenvalue weighted by atomic mass is 9.91. The van der Waals surface area contributed by atoms with E-state index in [1.807, 2.05) is 0 Å². The van der Waals surface area contributed by atoms with Gasteiger partial charge in [-0.1, -0.05) is 46.0 Å². The lowest BCUT2D eigenvalue weighted by molar-refractivity contribution is 0.385. The predicted molar refractivity (Wildman–Crippen MR) is 69.5 cm³/mol. The zero-order chi connectivity index (χ0) is 10.2. The van der Waals surface area contributed by atoms with Crippen molar-refractivity contribution in [2.75, 3.05) is 19.8 Å². The SMILES string of the molecule is CC1CCCCC1.CC1CNCNC1.O.O. The molecule has 0 amide bonds. The lowest BCUT2D eigenvalue weighted by Crippen LogP contribution is -2.42. The predicted octanol–water partition coefficient (Wildman–Crippen LogP) is 0.710. The van der Waals surface area contributed by atoms with Gasteiger partial charge < -0.3 is 21.6 Å². The Hall–Kier alpha value is -0.160. The molecule has 1 heterocycles. The van der Waals surface area contributed by atoms with E-state index in [9.17, 15) is 0 Å². The quantitative estimate of drug-likeness (QED) is 0.646. The van der Waals surface area contributed by atoms with Crippen molar-refractivity contribution in [2.24, 2.45) is 11.8 Å². The molecule has 0 aromatic rings. The summed E-state index contributed by atoms with van der Waals surface area (Å²) in [4.78, 5) is 0. The van der Waals surface area contributed by atoms with Gasteiger partial charge in [-0.2, -0.15) is 0 Å². The standard InChI is InChI=1S/C7H14.C5H12N2.2H2O/c1-7-5-3-2-4-6-7;1-5-2-6-4-7-3-5;;/h7H,2-6H2,1H3;5-7H,2-4H2,1H3;2*1H2. The number of rotatable bonds is 0. The molecule has 1 saturated heterocycles. The molecule has 4 nitrogen and oxygen atoms in total. The van der Waals surface area contributed by atoms with E-state index in [0.717, 1.165) is 18.5 Å². The summed E-state index contributed by atoms with van der Waals surface area (Å²) in [5, 5.41) is 6.45. The maximum absolute atomic E-state index is 3.22. The van der Waals surface area contributed by atoms with Gasteiger partial charge in [-0.05, 0) is 11.8 Å². The largest absolute Gasteiger partial charge is 0.412 e. The minimum absolute atomic E-state index is 0. The minimum Gasteiger partial charge on any atom is -0.412 e. The van der Waals surface area contributed by atoms with Gasteiger partial charge in [0, 0.05) is 19.8 Å². The Morgan fingerprint density at radius 3 is 1.50 bits per heavy atom. The summed E-state index contributed by atoms with van der Waals surface area (Å²) in [6.07, 6.45) is 7.44. The van der Waals surface area contributed by atoms with E-state index < -0.39 is 0 Å². The Bertz CT molecular complexity index is 117. The van der Waals surface area contributed by atoms with Crippen molar-refractivity contribution in [2.45, 2.75) is 46.0 Å². The van der Waals surface area contributed by atoms with Crippen molar-refractivity contribution in [1.82, 2.24) is 10.6 Å². The third-order valence-electron chi connectivity index (χ3n) is 3.13. The molecule has 2 aliphatic rings. The maximum atomic E-state index is 3.22. The van der Waals surface area contributed by atoms with Crippen molar-refractivity contribution in [1.29, 1.82) is 0 Å². The highest BCUT2D eigenvalue weighted by molar-refractivity contribution is 4.63. The molecule has 1 aliphatic heterocycles. The molecular formula is C12H30N2O2. The lowest BCUT2D eigenvalue weighted by Gasteiger charge is -2.19. The average Bonchev–Trinajstić information content (AvgIpc) is 2.21. The normalized spacial score (nSPS) is 22.1. The second-order valence-corrected chi connectivity index (χ2v) is 4.93. The van der Waals surface area contributed by atoms with Crippen LogP contribution in [0, 0.1) is 11.8 Å². The van der Waals surface area contributed by atoms with Crippen LogP contribution in [0.25, 0.3) is 0 Å².